The van der Waals surface area contributed by atoms with E-state index in [2.05, 4.69) is 19.7 Å². The monoisotopic (exact) mass is 316 g/mol. The molecule has 0 bridgehead atoms. The molecule has 1 aromatic heterocycles. The van der Waals surface area contributed by atoms with Crippen molar-refractivity contribution < 1.29 is 4.79 Å². The third-order valence-corrected chi connectivity index (χ3v) is 5.86. The van der Waals surface area contributed by atoms with E-state index in [-0.39, 0.29) is 6.04 Å². The summed E-state index contributed by atoms with van der Waals surface area (Å²) >= 11 is 0. The van der Waals surface area contributed by atoms with Gasteiger partial charge in [-0.3, -0.25) is 4.79 Å². The molecular formula is C18H28N4O. The first-order valence-electron chi connectivity index (χ1n) is 9.48. The van der Waals surface area contributed by atoms with Crippen molar-refractivity contribution in [3.8, 4) is 0 Å². The van der Waals surface area contributed by atoms with E-state index < -0.39 is 0 Å². The number of aromatic nitrogens is 3. The first-order valence-corrected chi connectivity index (χ1v) is 9.48. The Kier molecular flexibility index (Phi) is 4.36. The predicted molar refractivity (Wildman–Crippen MR) is 87.6 cm³/mol. The Bertz CT molecular complexity index is 545. The molecule has 3 aliphatic rings. The lowest BCUT2D eigenvalue weighted by molar-refractivity contribution is -0.136. The molecule has 23 heavy (non-hydrogen) atoms. The summed E-state index contributed by atoms with van der Waals surface area (Å²) in [4.78, 5) is 15.0. The zero-order valence-corrected chi connectivity index (χ0v) is 14.0. The highest BCUT2D eigenvalue weighted by Crippen LogP contribution is 2.35. The van der Waals surface area contributed by atoms with Crippen LogP contribution in [0.1, 0.15) is 76.1 Å². The molecule has 5 nitrogen and oxygen atoms in total. The third-order valence-electron chi connectivity index (χ3n) is 5.86. The number of likely N-dealkylation sites (tertiary alicyclic amines) is 1. The van der Waals surface area contributed by atoms with Crippen LogP contribution in [0.5, 0.6) is 0 Å². The molecule has 2 aliphatic carbocycles. The fourth-order valence-corrected chi connectivity index (χ4v) is 4.32. The summed E-state index contributed by atoms with van der Waals surface area (Å²) in [5.41, 5.74) is 0. The molecule has 4 rings (SSSR count). The molecule has 5 heteroatoms. The normalized spacial score (nSPS) is 25.9. The number of carbonyl (C=O) groups is 1. The summed E-state index contributed by atoms with van der Waals surface area (Å²) in [6.45, 7) is 1.93. The molecule has 126 valence electrons. The number of piperidine rings is 1. The van der Waals surface area contributed by atoms with E-state index in [4.69, 9.17) is 0 Å². The van der Waals surface area contributed by atoms with Crippen LogP contribution in [0.3, 0.4) is 0 Å². The predicted octanol–water partition coefficient (Wildman–Crippen LogP) is 3.32. The van der Waals surface area contributed by atoms with Crippen molar-refractivity contribution in [2.24, 2.45) is 11.8 Å². The van der Waals surface area contributed by atoms with Crippen LogP contribution in [0.4, 0.5) is 0 Å². The fourth-order valence-electron chi connectivity index (χ4n) is 4.32. The van der Waals surface area contributed by atoms with E-state index in [0.29, 0.717) is 11.8 Å². The van der Waals surface area contributed by atoms with Gasteiger partial charge in [-0.25, -0.2) is 0 Å². The highest BCUT2D eigenvalue weighted by atomic mass is 16.2. The van der Waals surface area contributed by atoms with Gasteiger partial charge in [0, 0.05) is 19.5 Å². The molecule has 0 N–H and O–H groups in total. The Balaban J connectivity index is 1.48. The molecule has 1 amide bonds. The van der Waals surface area contributed by atoms with Crippen LogP contribution in [-0.2, 0) is 11.3 Å². The largest absolute Gasteiger partial charge is 0.332 e. The van der Waals surface area contributed by atoms with Gasteiger partial charge >= 0.3 is 0 Å². The van der Waals surface area contributed by atoms with Gasteiger partial charge in [0.15, 0.2) is 5.82 Å². The highest BCUT2D eigenvalue weighted by Gasteiger charge is 2.33. The van der Waals surface area contributed by atoms with Gasteiger partial charge in [0.25, 0.3) is 0 Å². The zero-order chi connectivity index (χ0) is 15.6. The second kappa shape index (κ2) is 6.62. The van der Waals surface area contributed by atoms with E-state index in [1.54, 1.807) is 0 Å². The molecule has 1 aromatic rings. The lowest BCUT2D eigenvalue weighted by Gasteiger charge is -2.36. The Hall–Kier alpha value is -1.39. The van der Waals surface area contributed by atoms with Crippen LogP contribution in [0.15, 0.2) is 6.33 Å². The van der Waals surface area contributed by atoms with E-state index in [1.807, 2.05) is 6.33 Å². The standard InChI is InChI=1S/C18H28N4O/c23-17(11-14-5-1-2-6-14)22-10-4-3-7-16(22)18-20-19-13-21(18)12-15-8-9-15/h13-16H,1-12H2. The molecule has 2 heterocycles. The van der Waals surface area contributed by atoms with Crippen LogP contribution >= 0.6 is 0 Å². The van der Waals surface area contributed by atoms with Crippen molar-refractivity contribution in [2.75, 3.05) is 6.54 Å². The topological polar surface area (TPSA) is 51.0 Å². The van der Waals surface area contributed by atoms with Crippen molar-refractivity contribution in [1.82, 2.24) is 19.7 Å². The van der Waals surface area contributed by atoms with Gasteiger partial charge in [-0.2, -0.15) is 0 Å². The van der Waals surface area contributed by atoms with Crippen molar-refractivity contribution in [3.63, 3.8) is 0 Å². The average Bonchev–Trinajstić information content (AvgIpc) is 3.04. The quantitative estimate of drug-likeness (QED) is 0.837. The fraction of sp³-hybridized carbons (Fsp3) is 0.833. The van der Waals surface area contributed by atoms with E-state index in [9.17, 15) is 4.79 Å². The second-order valence-corrected chi connectivity index (χ2v) is 7.74. The summed E-state index contributed by atoms with van der Waals surface area (Å²) in [6.07, 6.45) is 13.7. The summed E-state index contributed by atoms with van der Waals surface area (Å²) < 4.78 is 2.21. The second-order valence-electron chi connectivity index (χ2n) is 7.74. The molecule has 2 saturated carbocycles. The Morgan fingerprint density at radius 1 is 1.04 bits per heavy atom. The molecule has 3 fully saturated rings. The van der Waals surface area contributed by atoms with Crippen LogP contribution in [0.25, 0.3) is 0 Å². The lowest BCUT2D eigenvalue weighted by atomic mass is 9.98. The van der Waals surface area contributed by atoms with Crippen LogP contribution in [0.2, 0.25) is 0 Å². The summed E-state index contributed by atoms with van der Waals surface area (Å²) in [7, 11) is 0. The van der Waals surface area contributed by atoms with Gasteiger partial charge in [0.2, 0.25) is 5.91 Å². The zero-order valence-electron chi connectivity index (χ0n) is 14.0. The minimum Gasteiger partial charge on any atom is -0.332 e. The SMILES string of the molecule is O=C(CC1CCCC1)N1CCCCC1c1nncn1CC1CC1. The van der Waals surface area contributed by atoms with Gasteiger partial charge < -0.3 is 9.47 Å². The van der Waals surface area contributed by atoms with Gasteiger partial charge in [0.05, 0.1) is 6.04 Å². The lowest BCUT2D eigenvalue weighted by Crippen LogP contribution is -2.40. The van der Waals surface area contributed by atoms with Crippen LogP contribution in [0, 0.1) is 11.8 Å². The van der Waals surface area contributed by atoms with Gasteiger partial charge in [-0.05, 0) is 56.8 Å². The van der Waals surface area contributed by atoms with Crippen LogP contribution < -0.4 is 0 Å². The highest BCUT2D eigenvalue weighted by molar-refractivity contribution is 5.77. The van der Waals surface area contributed by atoms with Crippen molar-refractivity contribution >= 4 is 5.91 Å². The maximum atomic E-state index is 12.9. The molecule has 0 radical (unpaired) electrons. The molecule has 1 atom stereocenters. The number of hydrogen-bond donors (Lipinski definition) is 0. The van der Waals surface area contributed by atoms with E-state index in [0.717, 1.165) is 44.1 Å². The minimum absolute atomic E-state index is 0.152. The summed E-state index contributed by atoms with van der Waals surface area (Å²) in [5.74, 6) is 2.80. The molecule has 1 unspecified atom stereocenters. The number of amides is 1. The molecule has 0 aromatic carbocycles. The Labute approximate surface area is 138 Å². The first-order chi connectivity index (χ1) is 11.3. The molecule has 1 saturated heterocycles. The van der Waals surface area contributed by atoms with Gasteiger partial charge in [-0.1, -0.05) is 12.8 Å². The summed E-state index contributed by atoms with van der Waals surface area (Å²) in [6, 6.07) is 0.152. The minimum atomic E-state index is 0.152. The van der Waals surface area contributed by atoms with E-state index >= 15 is 0 Å². The van der Waals surface area contributed by atoms with Gasteiger partial charge in [-0.15, -0.1) is 10.2 Å². The number of hydrogen-bond acceptors (Lipinski definition) is 3. The first kappa shape index (κ1) is 15.2. The smallest absolute Gasteiger partial charge is 0.223 e. The number of rotatable bonds is 5. The Morgan fingerprint density at radius 3 is 2.61 bits per heavy atom. The summed E-state index contributed by atoms with van der Waals surface area (Å²) in [5, 5.41) is 8.55. The van der Waals surface area contributed by atoms with Crippen molar-refractivity contribution in [3.05, 3.63) is 12.2 Å². The van der Waals surface area contributed by atoms with Crippen LogP contribution in [-0.4, -0.2) is 32.1 Å². The molecule has 0 spiro atoms. The number of nitrogens with zero attached hydrogens (tertiary/aromatic N) is 4. The maximum Gasteiger partial charge on any atom is 0.223 e. The number of carbonyl (C=O) groups excluding carboxylic acids is 1. The third kappa shape index (κ3) is 3.43. The Morgan fingerprint density at radius 2 is 1.83 bits per heavy atom. The average molecular weight is 316 g/mol. The van der Waals surface area contributed by atoms with Gasteiger partial charge in [0.1, 0.15) is 6.33 Å². The van der Waals surface area contributed by atoms with E-state index in [1.165, 1.54) is 44.9 Å². The van der Waals surface area contributed by atoms with Crippen molar-refractivity contribution in [1.29, 1.82) is 0 Å². The molecular weight excluding hydrogens is 288 g/mol. The maximum absolute atomic E-state index is 12.9. The molecule has 1 aliphatic heterocycles. The van der Waals surface area contributed by atoms with Crippen molar-refractivity contribution in [2.45, 2.75) is 76.8 Å².